The standard InChI is InChI=1S/C21H19F2N3O2/c22-14-9-16(23)20(19(27)10-14)21(28)25-17-7-4-8-18-15(17)11-24-26(18)12-13-5-2-1-3-6-13/h1-3,5-6,9-11,17,27H,4,7-8,12H2,(H,25,28)/t17-/m0/s1. The van der Waals surface area contributed by atoms with Crippen molar-refractivity contribution in [3.8, 4) is 5.75 Å². The first-order valence-electron chi connectivity index (χ1n) is 9.10. The molecular formula is C21H19F2N3O2. The van der Waals surface area contributed by atoms with Crippen LogP contribution in [0.4, 0.5) is 8.78 Å². The summed E-state index contributed by atoms with van der Waals surface area (Å²) in [5, 5.41) is 17.0. The normalized spacial score (nSPS) is 15.9. The molecule has 1 aromatic heterocycles. The number of benzene rings is 2. The molecule has 2 aromatic carbocycles. The molecule has 0 radical (unpaired) electrons. The molecule has 0 saturated heterocycles. The lowest BCUT2D eigenvalue weighted by atomic mass is 9.92. The number of hydrogen-bond acceptors (Lipinski definition) is 3. The van der Waals surface area contributed by atoms with Crippen molar-refractivity contribution >= 4 is 5.91 Å². The zero-order chi connectivity index (χ0) is 19.7. The van der Waals surface area contributed by atoms with Gasteiger partial charge in [-0.15, -0.1) is 0 Å². The molecule has 0 spiro atoms. The van der Waals surface area contributed by atoms with Crippen molar-refractivity contribution in [2.75, 3.05) is 0 Å². The molecule has 0 bridgehead atoms. The number of hydrogen-bond donors (Lipinski definition) is 2. The van der Waals surface area contributed by atoms with Crippen LogP contribution in [0, 0.1) is 11.6 Å². The van der Waals surface area contributed by atoms with Gasteiger partial charge in [0.25, 0.3) is 5.91 Å². The largest absolute Gasteiger partial charge is 0.507 e. The van der Waals surface area contributed by atoms with Gasteiger partial charge in [0.05, 0.1) is 18.8 Å². The van der Waals surface area contributed by atoms with E-state index in [4.69, 9.17) is 0 Å². The predicted octanol–water partition coefficient (Wildman–Crippen LogP) is 3.72. The van der Waals surface area contributed by atoms with Crippen LogP contribution < -0.4 is 5.32 Å². The lowest BCUT2D eigenvalue weighted by Gasteiger charge is -2.24. The van der Waals surface area contributed by atoms with Crippen LogP contribution in [0.1, 0.15) is 46.1 Å². The van der Waals surface area contributed by atoms with E-state index in [0.29, 0.717) is 19.0 Å². The fourth-order valence-electron chi connectivity index (χ4n) is 3.68. The SMILES string of the molecule is O=C(N[C@H]1CCCc2c1cnn2Cc1ccccc1)c1c(O)cc(F)cc1F. The van der Waals surface area contributed by atoms with Crippen molar-refractivity contribution in [3.63, 3.8) is 0 Å². The number of aromatic nitrogens is 2. The highest BCUT2D eigenvalue weighted by atomic mass is 19.1. The molecule has 0 saturated carbocycles. The number of nitrogens with zero attached hydrogens (tertiary/aromatic N) is 2. The lowest BCUT2D eigenvalue weighted by Crippen LogP contribution is -2.31. The van der Waals surface area contributed by atoms with Crippen molar-refractivity contribution in [2.24, 2.45) is 0 Å². The Kier molecular flexibility index (Phi) is 4.81. The van der Waals surface area contributed by atoms with Crippen molar-refractivity contribution < 1.29 is 18.7 Å². The topological polar surface area (TPSA) is 67.2 Å². The molecule has 1 aliphatic carbocycles. The molecule has 3 aromatic rings. The number of amides is 1. The van der Waals surface area contributed by atoms with E-state index in [2.05, 4.69) is 10.4 Å². The van der Waals surface area contributed by atoms with Crippen LogP contribution in [0.25, 0.3) is 0 Å². The molecule has 0 unspecified atom stereocenters. The Morgan fingerprint density at radius 2 is 2.04 bits per heavy atom. The molecule has 1 heterocycles. The Balaban J connectivity index is 1.57. The molecule has 0 aliphatic heterocycles. The second kappa shape index (κ2) is 7.42. The highest BCUT2D eigenvalue weighted by molar-refractivity contribution is 5.97. The molecule has 28 heavy (non-hydrogen) atoms. The van der Waals surface area contributed by atoms with Gasteiger partial charge in [-0.1, -0.05) is 30.3 Å². The Labute approximate surface area is 160 Å². The van der Waals surface area contributed by atoms with Gasteiger partial charge in [-0.05, 0) is 24.8 Å². The highest BCUT2D eigenvalue weighted by Gasteiger charge is 2.28. The number of rotatable bonds is 4. The van der Waals surface area contributed by atoms with Crippen LogP contribution in [-0.2, 0) is 13.0 Å². The smallest absolute Gasteiger partial charge is 0.258 e. The van der Waals surface area contributed by atoms with Gasteiger partial charge < -0.3 is 10.4 Å². The second-order valence-electron chi connectivity index (χ2n) is 6.89. The van der Waals surface area contributed by atoms with E-state index in [-0.39, 0.29) is 6.04 Å². The molecule has 1 amide bonds. The molecule has 5 nitrogen and oxygen atoms in total. The molecule has 1 aliphatic rings. The zero-order valence-corrected chi connectivity index (χ0v) is 15.0. The lowest BCUT2D eigenvalue weighted by molar-refractivity contribution is 0.0925. The van der Waals surface area contributed by atoms with Crippen molar-refractivity contribution in [1.82, 2.24) is 15.1 Å². The van der Waals surface area contributed by atoms with E-state index >= 15 is 0 Å². The first-order chi connectivity index (χ1) is 13.5. The van der Waals surface area contributed by atoms with Gasteiger partial charge in [0.2, 0.25) is 0 Å². The van der Waals surface area contributed by atoms with Crippen LogP contribution in [-0.4, -0.2) is 20.8 Å². The van der Waals surface area contributed by atoms with Crippen LogP contribution >= 0.6 is 0 Å². The summed E-state index contributed by atoms with van der Waals surface area (Å²) < 4.78 is 29.1. The summed E-state index contributed by atoms with van der Waals surface area (Å²) in [6, 6.07) is 10.9. The number of phenols is 1. The molecule has 2 N–H and O–H groups in total. The van der Waals surface area contributed by atoms with Gasteiger partial charge in [0.1, 0.15) is 22.9 Å². The van der Waals surface area contributed by atoms with E-state index in [1.807, 2.05) is 35.0 Å². The second-order valence-corrected chi connectivity index (χ2v) is 6.89. The van der Waals surface area contributed by atoms with Crippen molar-refractivity contribution in [1.29, 1.82) is 0 Å². The Hall–Kier alpha value is -3.22. The average Bonchev–Trinajstić information content (AvgIpc) is 3.06. The van der Waals surface area contributed by atoms with Gasteiger partial charge in [-0.3, -0.25) is 9.48 Å². The van der Waals surface area contributed by atoms with E-state index in [9.17, 15) is 18.7 Å². The van der Waals surface area contributed by atoms with Crippen molar-refractivity contribution in [3.05, 3.63) is 82.7 Å². The van der Waals surface area contributed by atoms with Crippen molar-refractivity contribution in [2.45, 2.75) is 31.8 Å². The minimum Gasteiger partial charge on any atom is -0.507 e. The van der Waals surface area contributed by atoms with Crippen LogP contribution in [0.15, 0.2) is 48.7 Å². The van der Waals surface area contributed by atoms with E-state index in [1.165, 1.54) is 0 Å². The molecule has 4 rings (SSSR count). The van der Waals surface area contributed by atoms with Gasteiger partial charge in [-0.25, -0.2) is 8.78 Å². The minimum absolute atomic E-state index is 0.343. The first-order valence-corrected chi connectivity index (χ1v) is 9.10. The minimum atomic E-state index is -1.09. The first kappa shape index (κ1) is 18.2. The fraction of sp³-hybridized carbons (Fsp3) is 0.238. The number of phenolic OH excluding ortho intramolecular Hbond substituents is 1. The molecule has 7 heteroatoms. The predicted molar refractivity (Wildman–Crippen MR) is 98.9 cm³/mol. The number of halogens is 2. The number of fused-ring (bicyclic) bond motifs is 1. The molecule has 1 atom stereocenters. The maximum atomic E-state index is 14.0. The number of carbonyl (C=O) groups excluding carboxylic acids is 1. The summed E-state index contributed by atoms with van der Waals surface area (Å²) in [6.07, 6.45) is 4.09. The maximum Gasteiger partial charge on any atom is 0.258 e. The third-order valence-electron chi connectivity index (χ3n) is 5.00. The van der Waals surface area contributed by atoms with Crippen LogP contribution in [0.3, 0.4) is 0 Å². The van der Waals surface area contributed by atoms with Gasteiger partial charge in [0, 0.05) is 23.4 Å². The van der Waals surface area contributed by atoms with Gasteiger partial charge >= 0.3 is 0 Å². The van der Waals surface area contributed by atoms with E-state index in [0.717, 1.165) is 35.7 Å². The fourth-order valence-corrected chi connectivity index (χ4v) is 3.68. The number of carbonyl (C=O) groups is 1. The summed E-state index contributed by atoms with van der Waals surface area (Å²) in [5.74, 6) is -3.52. The number of nitrogens with one attached hydrogen (secondary N) is 1. The van der Waals surface area contributed by atoms with Gasteiger partial charge in [0.15, 0.2) is 0 Å². The third-order valence-corrected chi connectivity index (χ3v) is 5.00. The quantitative estimate of drug-likeness (QED) is 0.722. The third kappa shape index (κ3) is 3.47. The summed E-state index contributed by atoms with van der Waals surface area (Å²) in [6.45, 7) is 0.629. The monoisotopic (exact) mass is 383 g/mol. The molecular weight excluding hydrogens is 364 g/mol. The average molecular weight is 383 g/mol. The summed E-state index contributed by atoms with van der Waals surface area (Å²) in [7, 11) is 0. The molecule has 0 fully saturated rings. The molecule has 144 valence electrons. The Morgan fingerprint density at radius 3 is 2.79 bits per heavy atom. The zero-order valence-electron chi connectivity index (χ0n) is 15.0. The number of aromatic hydroxyl groups is 1. The summed E-state index contributed by atoms with van der Waals surface area (Å²) >= 11 is 0. The Bertz CT molecular complexity index is 995. The summed E-state index contributed by atoms with van der Waals surface area (Å²) in [5.41, 5.74) is 2.49. The maximum absolute atomic E-state index is 14.0. The van der Waals surface area contributed by atoms with Gasteiger partial charge in [-0.2, -0.15) is 5.10 Å². The van der Waals surface area contributed by atoms with Crippen LogP contribution in [0.2, 0.25) is 0 Å². The van der Waals surface area contributed by atoms with E-state index < -0.39 is 28.9 Å². The van der Waals surface area contributed by atoms with Crippen LogP contribution in [0.5, 0.6) is 5.75 Å². The highest BCUT2D eigenvalue weighted by Crippen LogP contribution is 2.31. The Morgan fingerprint density at radius 1 is 1.25 bits per heavy atom. The summed E-state index contributed by atoms with van der Waals surface area (Å²) in [4.78, 5) is 12.5. The van der Waals surface area contributed by atoms with E-state index in [1.54, 1.807) is 6.20 Å².